The van der Waals surface area contributed by atoms with Gasteiger partial charge in [0.1, 0.15) is 9.75 Å². The maximum absolute atomic E-state index is 11.3. The molecular formula is C27H36O6S2. The first-order valence-electron chi connectivity index (χ1n) is 11.5. The number of benzene rings is 2. The Morgan fingerprint density at radius 3 is 1.49 bits per heavy atom. The van der Waals surface area contributed by atoms with Gasteiger partial charge in [-0.1, -0.05) is 65.8 Å². The average Bonchev–Trinajstić information content (AvgIpc) is 3.55. The third-order valence-corrected chi connectivity index (χ3v) is 6.30. The molecule has 0 bridgehead atoms. The van der Waals surface area contributed by atoms with Crippen LogP contribution in [0.15, 0.2) is 48.5 Å². The number of esters is 1. The zero-order valence-corrected chi connectivity index (χ0v) is 23.0. The number of hydrogen-bond acceptors (Lipinski definition) is 7. The Morgan fingerprint density at radius 1 is 0.714 bits per heavy atom. The normalized spacial score (nSPS) is 9.29. The first kappa shape index (κ1) is 32.2. The Labute approximate surface area is 215 Å². The van der Waals surface area contributed by atoms with Crippen molar-refractivity contribution in [3.63, 3.8) is 0 Å². The molecule has 0 aliphatic rings. The Balaban J connectivity index is 0.000000546. The van der Waals surface area contributed by atoms with E-state index in [2.05, 4.69) is 4.74 Å². The van der Waals surface area contributed by atoms with Gasteiger partial charge in [-0.2, -0.15) is 0 Å². The third kappa shape index (κ3) is 9.41. The molecule has 0 atom stereocenters. The van der Waals surface area contributed by atoms with Gasteiger partial charge in [0.25, 0.3) is 0 Å². The molecule has 4 rings (SSSR count). The Morgan fingerprint density at radius 2 is 1.11 bits per heavy atom. The first-order valence-corrected chi connectivity index (χ1v) is 13.2. The molecule has 0 saturated heterocycles. The van der Waals surface area contributed by atoms with E-state index >= 15 is 0 Å². The molecule has 4 aromatic rings. The van der Waals surface area contributed by atoms with Crippen molar-refractivity contribution in [2.24, 2.45) is 0 Å². The van der Waals surface area contributed by atoms with Crippen molar-refractivity contribution >= 4 is 54.8 Å². The smallest absolute Gasteiger partial charge is 0.348 e. The molecular weight excluding hydrogens is 484 g/mol. The zero-order valence-electron chi connectivity index (χ0n) is 21.4. The molecule has 0 aliphatic heterocycles. The summed E-state index contributed by atoms with van der Waals surface area (Å²) < 4.78 is 6.53. The highest BCUT2D eigenvalue weighted by molar-refractivity contribution is 7.21. The van der Waals surface area contributed by atoms with Gasteiger partial charge >= 0.3 is 11.9 Å². The van der Waals surface area contributed by atoms with Crippen LogP contribution in [0.5, 0.6) is 0 Å². The molecule has 2 aromatic heterocycles. The molecule has 0 amide bonds. The maximum atomic E-state index is 11.3. The van der Waals surface area contributed by atoms with Gasteiger partial charge in [-0.3, -0.25) is 0 Å². The van der Waals surface area contributed by atoms with Crippen molar-refractivity contribution in [3.8, 4) is 0 Å². The first-order chi connectivity index (χ1) is 16.9. The number of aromatic carboxylic acids is 1. The number of methoxy groups -OCH3 is 1. The van der Waals surface area contributed by atoms with Gasteiger partial charge in [-0.25, -0.2) is 9.59 Å². The number of thiophene rings is 2. The van der Waals surface area contributed by atoms with Gasteiger partial charge in [0.05, 0.1) is 20.3 Å². The summed E-state index contributed by atoms with van der Waals surface area (Å²) in [6, 6.07) is 14.5. The average molecular weight is 521 g/mol. The van der Waals surface area contributed by atoms with Crippen molar-refractivity contribution in [2.75, 3.05) is 7.11 Å². The van der Waals surface area contributed by atoms with E-state index in [4.69, 9.17) is 15.3 Å². The number of carbonyl (C=O) groups is 2. The maximum Gasteiger partial charge on any atom is 0.348 e. The second kappa shape index (κ2) is 17.6. The van der Waals surface area contributed by atoms with Gasteiger partial charge in [0.2, 0.25) is 0 Å². The van der Waals surface area contributed by atoms with Gasteiger partial charge in [0.15, 0.2) is 0 Å². The van der Waals surface area contributed by atoms with Crippen LogP contribution in [0.4, 0.5) is 0 Å². The van der Waals surface area contributed by atoms with Gasteiger partial charge < -0.3 is 20.1 Å². The fraction of sp³-hybridized carbons (Fsp3) is 0.333. The number of aliphatic hydroxyl groups excluding tert-OH is 2. The minimum Gasteiger partial charge on any atom is -0.477 e. The Hall–Kier alpha value is -2.78. The largest absolute Gasteiger partial charge is 0.477 e. The molecule has 0 spiro atoms. The Kier molecular flexibility index (Phi) is 16.2. The summed E-state index contributed by atoms with van der Waals surface area (Å²) in [5, 5.41) is 28.6. The van der Waals surface area contributed by atoms with E-state index in [1.54, 1.807) is 18.2 Å². The van der Waals surface area contributed by atoms with E-state index in [-0.39, 0.29) is 19.2 Å². The number of ether oxygens (including phenoxy) is 1. The highest BCUT2D eigenvalue weighted by atomic mass is 32.1. The second-order valence-corrected chi connectivity index (χ2v) is 8.25. The summed E-state index contributed by atoms with van der Waals surface area (Å²) in [4.78, 5) is 22.9. The lowest BCUT2D eigenvalue weighted by Gasteiger charge is -1.94. The minimum absolute atomic E-state index is 0.0153. The number of rotatable bonds is 4. The van der Waals surface area contributed by atoms with Crippen LogP contribution in [-0.4, -0.2) is 34.4 Å². The lowest BCUT2D eigenvalue weighted by atomic mass is 10.2. The van der Waals surface area contributed by atoms with Crippen molar-refractivity contribution < 1.29 is 29.6 Å². The minimum atomic E-state index is -0.906. The SMILES string of the molecule is CC.CC.CC.COC(=O)c1cc2ccc(CO)cc2s1.O=C(O)c1cc2ccc(CO)cc2s1. The molecule has 2 aromatic carbocycles. The van der Waals surface area contributed by atoms with Crippen LogP contribution in [0.2, 0.25) is 0 Å². The summed E-state index contributed by atoms with van der Waals surface area (Å²) in [6.07, 6.45) is 0. The van der Waals surface area contributed by atoms with E-state index in [0.29, 0.717) is 9.75 Å². The van der Waals surface area contributed by atoms with E-state index in [1.165, 1.54) is 29.8 Å². The van der Waals surface area contributed by atoms with Crippen LogP contribution in [0.25, 0.3) is 20.2 Å². The van der Waals surface area contributed by atoms with Crippen molar-refractivity contribution in [1.29, 1.82) is 0 Å². The fourth-order valence-electron chi connectivity index (χ4n) is 2.65. The predicted octanol–water partition coefficient (Wildman–Crippen LogP) is 7.35. The number of carboxylic acid groups (broad SMARTS) is 1. The Bertz CT molecular complexity index is 1180. The van der Waals surface area contributed by atoms with Crippen molar-refractivity contribution in [2.45, 2.75) is 54.8 Å². The van der Waals surface area contributed by atoms with E-state index in [9.17, 15) is 9.59 Å². The standard InChI is InChI=1S/C11H10O3S.C10H8O3S.3C2H6/c1-14-11(13)10-5-8-3-2-7(6-12)4-9(8)15-10;11-5-6-1-2-7-4-9(10(12)13)14-8(7)3-6;3*1-2/h2-5,12H,6H2,1H3;1-4,11H,5H2,(H,12,13);3*1-2H3. The third-order valence-electron chi connectivity index (χ3n) is 4.13. The molecule has 2 heterocycles. The van der Waals surface area contributed by atoms with E-state index in [1.807, 2.05) is 71.9 Å². The lowest BCUT2D eigenvalue weighted by molar-refractivity contribution is 0.0605. The van der Waals surface area contributed by atoms with Crippen LogP contribution in [0, 0.1) is 0 Å². The van der Waals surface area contributed by atoms with Crippen LogP contribution in [0.1, 0.15) is 72.0 Å². The summed E-state index contributed by atoms with van der Waals surface area (Å²) in [7, 11) is 1.37. The van der Waals surface area contributed by atoms with Crippen LogP contribution < -0.4 is 0 Å². The van der Waals surface area contributed by atoms with Gasteiger partial charge in [-0.05, 0) is 46.2 Å². The van der Waals surface area contributed by atoms with Crippen LogP contribution in [0.3, 0.4) is 0 Å². The molecule has 8 heteroatoms. The molecule has 0 radical (unpaired) electrons. The number of hydrogen-bond donors (Lipinski definition) is 3. The second-order valence-electron chi connectivity index (χ2n) is 6.08. The zero-order chi connectivity index (χ0) is 27.0. The predicted molar refractivity (Wildman–Crippen MR) is 148 cm³/mol. The molecule has 192 valence electrons. The molecule has 0 saturated carbocycles. The summed E-state index contributed by atoms with van der Waals surface area (Å²) in [5.74, 6) is -1.22. The molecule has 3 N–H and O–H groups in total. The van der Waals surface area contributed by atoms with Crippen molar-refractivity contribution in [3.05, 3.63) is 69.4 Å². The highest BCUT2D eigenvalue weighted by Crippen LogP contribution is 2.27. The van der Waals surface area contributed by atoms with Gasteiger partial charge in [-0.15, -0.1) is 22.7 Å². The topological polar surface area (TPSA) is 104 Å². The molecule has 35 heavy (non-hydrogen) atoms. The summed E-state index contributed by atoms with van der Waals surface area (Å²) >= 11 is 2.60. The molecule has 6 nitrogen and oxygen atoms in total. The monoisotopic (exact) mass is 520 g/mol. The fourth-order valence-corrected chi connectivity index (χ4v) is 4.66. The van der Waals surface area contributed by atoms with E-state index < -0.39 is 5.97 Å². The van der Waals surface area contributed by atoms with E-state index in [0.717, 1.165) is 31.3 Å². The lowest BCUT2D eigenvalue weighted by Crippen LogP contribution is -1.96. The molecule has 0 aliphatic carbocycles. The molecule has 0 unspecified atom stereocenters. The highest BCUT2D eigenvalue weighted by Gasteiger charge is 2.10. The summed E-state index contributed by atoms with van der Waals surface area (Å²) in [6.45, 7) is 12.0. The quantitative estimate of drug-likeness (QED) is 0.243. The molecule has 0 fully saturated rings. The number of fused-ring (bicyclic) bond motifs is 2. The van der Waals surface area contributed by atoms with Crippen LogP contribution in [-0.2, 0) is 18.0 Å². The van der Waals surface area contributed by atoms with Gasteiger partial charge in [0, 0.05) is 9.40 Å². The summed E-state index contributed by atoms with van der Waals surface area (Å²) in [5.41, 5.74) is 1.65. The number of carbonyl (C=O) groups excluding carboxylic acids is 1. The van der Waals surface area contributed by atoms with Crippen LogP contribution >= 0.6 is 22.7 Å². The van der Waals surface area contributed by atoms with Crippen molar-refractivity contribution in [1.82, 2.24) is 0 Å². The number of aliphatic hydroxyl groups is 2. The number of carboxylic acids is 1.